The molecule has 0 unspecified atom stereocenters. The molecule has 1 aliphatic carbocycles. The lowest BCUT2D eigenvalue weighted by Gasteiger charge is -2.11. The fraction of sp³-hybridized carbons (Fsp3) is 0.158. The van der Waals surface area contributed by atoms with E-state index in [2.05, 4.69) is 20.6 Å². The molecular formula is C19H13ClF2N6O2. The zero-order valence-electron chi connectivity index (χ0n) is 15.1. The highest BCUT2D eigenvalue weighted by Crippen LogP contribution is 2.39. The highest BCUT2D eigenvalue weighted by Gasteiger charge is 2.43. The summed E-state index contributed by atoms with van der Waals surface area (Å²) in [6.07, 6.45) is 2.15. The van der Waals surface area contributed by atoms with Crippen LogP contribution in [0.4, 0.5) is 14.6 Å². The molecule has 3 aromatic heterocycles. The molecule has 152 valence electrons. The number of carbonyl (C=O) groups excluding carboxylic acids is 2. The van der Waals surface area contributed by atoms with Gasteiger partial charge in [-0.15, -0.1) is 0 Å². The molecule has 30 heavy (non-hydrogen) atoms. The lowest BCUT2D eigenvalue weighted by atomic mass is 9.98. The summed E-state index contributed by atoms with van der Waals surface area (Å²) in [4.78, 5) is 23.6. The highest BCUT2D eigenvalue weighted by molar-refractivity contribution is 6.36. The third-order valence-corrected chi connectivity index (χ3v) is 5.44. The van der Waals surface area contributed by atoms with Gasteiger partial charge in [0.15, 0.2) is 11.6 Å². The van der Waals surface area contributed by atoms with Crippen molar-refractivity contribution in [1.82, 2.24) is 19.8 Å². The van der Waals surface area contributed by atoms with Gasteiger partial charge >= 0.3 is 0 Å². The topological polar surface area (TPSA) is 118 Å². The first kappa shape index (κ1) is 18.5. The summed E-state index contributed by atoms with van der Waals surface area (Å²) < 4.78 is 29.4. The minimum Gasteiger partial charge on any atom is -0.365 e. The number of anilines is 1. The maximum atomic E-state index is 14.8. The summed E-state index contributed by atoms with van der Waals surface area (Å²) in [5.41, 5.74) is 6.53. The number of nitrogens with two attached hydrogens (primary N) is 1. The number of primary amides is 1. The van der Waals surface area contributed by atoms with E-state index in [1.54, 1.807) is 24.4 Å². The minimum atomic E-state index is -1.11. The highest BCUT2D eigenvalue weighted by atomic mass is 35.5. The minimum absolute atomic E-state index is 0.144. The van der Waals surface area contributed by atoms with Crippen LogP contribution >= 0.6 is 11.6 Å². The van der Waals surface area contributed by atoms with E-state index >= 15 is 0 Å². The molecule has 5 rings (SSSR count). The van der Waals surface area contributed by atoms with E-state index in [0.717, 1.165) is 0 Å². The van der Waals surface area contributed by atoms with Crippen LogP contribution in [-0.2, 0) is 4.79 Å². The summed E-state index contributed by atoms with van der Waals surface area (Å²) in [6.45, 7) is 0. The zero-order valence-corrected chi connectivity index (χ0v) is 15.9. The second-order valence-electron chi connectivity index (χ2n) is 7.06. The van der Waals surface area contributed by atoms with Crippen LogP contribution in [-0.4, -0.2) is 37.8 Å². The number of hydrogen-bond donors (Lipinski definition) is 3. The van der Waals surface area contributed by atoms with Gasteiger partial charge in [0.05, 0.1) is 28.2 Å². The van der Waals surface area contributed by atoms with E-state index in [1.165, 1.54) is 10.7 Å². The molecule has 4 aromatic rings. The van der Waals surface area contributed by atoms with Crippen LogP contribution in [0.1, 0.15) is 16.8 Å². The second-order valence-corrected chi connectivity index (χ2v) is 7.44. The SMILES string of the molecule is NC(=O)c1c(F)c(Cl)c(-c2ccn3nc(NC(=O)[C@@H]4C[C@@H]4F)cc3c2)c2cn[nH]c12. The van der Waals surface area contributed by atoms with Crippen LogP contribution in [0.5, 0.6) is 0 Å². The van der Waals surface area contributed by atoms with Gasteiger partial charge in [0, 0.05) is 23.2 Å². The Morgan fingerprint density at radius 3 is 2.83 bits per heavy atom. The fourth-order valence-electron chi connectivity index (χ4n) is 3.49. The van der Waals surface area contributed by atoms with E-state index < -0.39 is 29.7 Å². The molecular weight excluding hydrogens is 418 g/mol. The monoisotopic (exact) mass is 430 g/mol. The number of pyridine rings is 1. The van der Waals surface area contributed by atoms with Crippen molar-refractivity contribution in [2.75, 3.05) is 5.32 Å². The van der Waals surface area contributed by atoms with Gasteiger partial charge in [0.25, 0.3) is 5.91 Å². The fourth-order valence-corrected chi connectivity index (χ4v) is 3.80. The summed E-state index contributed by atoms with van der Waals surface area (Å²) in [6, 6.07) is 4.95. The quantitative estimate of drug-likeness (QED) is 0.461. The molecule has 8 nitrogen and oxygen atoms in total. The summed E-state index contributed by atoms with van der Waals surface area (Å²) in [7, 11) is 0. The zero-order chi connectivity index (χ0) is 21.2. The molecule has 2 atom stereocenters. The summed E-state index contributed by atoms with van der Waals surface area (Å²) >= 11 is 6.25. The standard InChI is InChI=1S/C19H13ClF2N6O2/c20-15-13(10-6-24-26-17(10)14(16(15)22)18(23)29)7-1-2-28-8(3-7)4-12(27-28)25-19(30)9-5-11(9)21/h1-4,6,9,11H,5H2,(H2,23,29)(H,24,26)(H,25,27,30)/t9-,11+/m1/s1. The van der Waals surface area contributed by atoms with Gasteiger partial charge < -0.3 is 11.1 Å². The number of nitrogens with zero attached hydrogens (tertiary/aromatic N) is 3. The third-order valence-electron chi connectivity index (χ3n) is 5.09. The summed E-state index contributed by atoms with van der Waals surface area (Å²) in [5, 5.41) is 13.4. The molecule has 11 heteroatoms. The number of amides is 2. The molecule has 4 N–H and O–H groups in total. The molecule has 3 heterocycles. The lowest BCUT2D eigenvalue weighted by molar-refractivity contribution is -0.117. The molecule has 1 saturated carbocycles. The number of aromatic nitrogens is 4. The van der Waals surface area contributed by atoms with Gasteiger partial charge in [-0.05, 0) is 24.1 Å². The Balaban J connectivity index is 1.60. The molecule has 2 amide bonds. The van der Waals surface area contributed by atoms with E-state index in [9.17, 15) is 18.4 Å². The third kappa shape index (κ3) is 2.79. The van der Waals surface area contributed by atoms with Gasteiger partial charge in [0.2, 0.25) is 5.91 Å². The second kappa shape index (κ2) is 6.49. The van der Waals surface area contributed by atoms with Gasteiger partial charge in [0.1, 0.15) is 11.7 Å². The van der Waals surface area contributed by atoms with Crippen molar-refractivity contribution >= 4 is 45.7 Å². The lowest BCUT2D eigenvalue weighted by Crippen LogP contribution is -2.15. The maximum Gasteiger partial charge on any atom is 0.253 e. The van der Waals surface area contributed by atoms with Crippen LogP contribution in [0.3, 0.4) is 0 Å². The van der Waals surface area contributed by atoms with Gasteiger partial charge in [-0.3, -0.25) is 14.7 Å². The predicted octanol–water partition coefficient (Wildman–Crippen LogP) is 3.07. The average Bonchev–Trinajstić information content (AvgIpc) is 3.08. The van der Waals surface area contributed by atoms with Gasteiger partial charge in [-0.25, -0.2) is 13.3 Å². The van der Waals surface area contributed by atoms with Crippen molar-refractivity contribution in [2.45, 2.75) is 12.6 Å². The molecule has 1 fully saturated rings. The molecule has 1 aliphatic rings. The van der Waals surface area contributed by atoms with Crippen molar-refractivity contribution < 1.29 is 18.4 Å². The Labute approximate surface area is 172 Å². The van der Waals surface area contributed by atoms with E-state index in [-0.39, 0.29) is 28.3 Å². The number of benzene rings is 1. The number of halogens is 3. The number of hydrogen-bond acceptors (Lipinski definition) is 4. The normalized spacial score (nSPS) is 18.1. The molecule has 0 radical (unpaired) electrons. The van der Waals surface area contributed by atoms with Crippen LogP contribution in [0.15, 0.2) is 30.6 Å². The predicted molar refractivity (Wildman–Crippen MR) is 105 cm³/mol. The number of rotatable bonds is 4. The number of alkyl halides is 1. The van der Waals surface area contributed by atoms with Gasteiger partial charge in [-0.1, -0.05) is 11.6 Å². The van der Waals surface area contributed by atoms with E-state index in [4.69, 9.17) is 17.3 Å². The number of aromatic amines is 1. The van der Waals surface area contributed by atoms with E-state index in [0.29, 0.717) is 22.0 Å². The van der Waals surface area contributed by atoms with Gasteiger partial charge in [-0.2, -0.15) is 10.2 Å². The average molecular weight is 431 g/mol. The molecule has 0 bridgehead atoms. The maximum absolute atomic E-state index is 14.8. The number of H-pyrrole nitrogens is 1. The molecule has 1 aromatic carbocycles. The van der Waals surface area contributed by atoms with Crippen molar-refractivity contribution in [2.24, 2.45) is 11.7 Å². The summed E-state index contributed by atoms with van der Waals surface area (Å²) in [5.74, 6) is -2.69. The van der Waals surface area contributed by atoms with Crippen molar-refractivity contribution in [1.29, 1.82) is 0 Å². The molecule has 0 saturated heterocycles. The van der Waals surface area contributed by atoms with Crippen molar-refractivity contribution in [3.8, 4) is 11.1 Å². The Hall–Kier alpha value is -3.53. The van der Waals surface area contributed by atoms with Crippen molar-refractivity contribution in [3.63, 3.8) is 0 Å². The molecule has 0 spiro atoms. The van der Waals surface area contributed by atoms with Crippen LogP contribution in [0, 0.1) is 11.7 Å². The Morgan fingerprint density at radius 2 is 2.13 bits per heavy atom. The van der Waals surface area contributed by atoms with E-state index in [1.807, 2.05) is 0 Å². The largest absolute Gasteiger partial charge is 0.365 e. The Kier molecular flexibility index (Phi) is 4.00. The first-order valence-corrected chi connectivity index (χ1v) is 9.31. The first-order valence-electron chi connectivity index (χ1n) is 8.93. The number of nitrogens with one attached hydrogen (secondary N) is 2. The Bertz CT molecular complexity index is 1360. The smallest absolute Gasteiger partial charge is 0.253 e. The van der Waals surface area contributed by atoms with Crippen molar-refractivity contribution in [3.05, 3.63) is 47.0 Å². The van der Waals surface area contributed by atoms with Crippen LogP contribution in [0.25, 0.3) is 27.5 Å². The number of fused-ring (bicyclic) bond motifs is 2. The molecule has 0 aliphatic heterocycles. The van der Waals surface area contributed by atoms with Crippen LogP contribution < -0.4 is 11.1 Å². The first-order chi connectivity index (χ1) is 14.3. The van der Waals surface area contributed by atoms with Crippen LogP contribution in [0.2, 0.25) is 5.02 Å². The Morgan fingerprint density at radius 1 is 1.37 bits per heavy atom. The number of carbonyl (C=O) groups is 2.